The van der Waals surface area contributed by atoms with E-state index in [-0.39, 0.29) is 16.3 Å². The Labute approximate surface area is 148 Å². The third-order valence-electron chi connectivity index (χ3n) is 3.81. The molecule has 25 heavy (non-hydrogen) atoms. The molecule has 9 heteroatoms. The van der Waals surface area contributed by atoms with Crippen LogP contribution in [0.15, 0.2) is 41.3 Å². The van der Waals surface area contributed by atoms with Crippen molar-refractivity contribution in [1.82, 2.24) is 4.31 Å². The van der Waals surface area contributed by atoms with Crippen LogP contribution in [0.5, 0.6) is 0 Å². The molecule has 0 bridgehead atoms. The zero-order valence-corrected chi connectivity index (χ0v) is 14.4. The molecular weight excluding hydrogens is 374 g/mol. The number of halogens is 3. The van der Waals surface area contributed by atoms with E-state index in [4.69, 9.17) is 11.6 Å². The fourth-order valence-corrected chi connectivity index (χ4v) is 4.12. The second-order valence-corrected chi connectivity index (χ2v) is 7.79. The topological polar surface area (TPSA) is 66.5 Å². The molecule has 0 aliphatic carbocycles. The van der Waals surface area contributed by atoms with Crippen LogP contribution in [0.2, 0.25) is 5.02 Å². The van der Waals surface area contributed by atoms with Gasteiger partial charge >= 0.3 is 0 Å². The molecular formula is C16H13ClF2N2O3S. The maximum absolute atomic E-state index is 14.0. The highest BCUT2D eigenvalue weighted by atomic mass is 35.5. The molecule has 1 N–H and O–H groups in total. The summed E-state index contributed by atoms with van der Waals surface area (Å²) in [6.45, 7) is 0.646. The third kappa shape index (κ3) is 3.51. The zero-order chi connectivity index (χ0) is 18.2. The van der Waals surface area contributed by atoms with Gasteiger partial charge in [0.15, 0.2) is 0 Å². The maximum Gasteiger partial charge on any atom is 0.255 e. The number of carbonyl (C=O) groups excluding carboxylic acids is 1. The molecule has 1 saturated heterocycles. The number of benzene rings is 2. The quantitative estimate of drug-likeness (QED) is 0.877. The molecule has 0 atom stereocenters. The molecule has 5 nitrogen and oxygen atoms in total. The van der Waals surface area contributed by atoms with Crippen molar-refractivity contribution in [3.8, 4) is 0 Å². The molecule has 0 aromatic heterocycles. The average Bonchev–Trinajstić information content (AvgIpc) is 2.48. The van der Waals surface area contributed by atoms with Gasteiger partial charge in [-0.05, 0) is 42.8 Å². The minimum absolute atomic E-state index is 0.0103. The van der Waals surface area contributed by atoms with E-state index in [1.807, 2.05) is 0 Å². The first-order chi connectivity index (χ1) is 11.8. The summed E-state index contributed by atoms with van der Waals surface area (Å²) >= 11 is 5.84. The van der Waals surface area contributed by atoms with Gasteiger partial charge in [0.1, 0.15) is 16.5 Å². The fraction of sp³-hybridized carbons (Fsp3) is 0.188. The number of amides is 1. The highest BCUT2D eigenvalue weighted by Crippen LogP contribution is 2.26. The molecule has 1 amide bonds. The van der Waals surface area contributed by atoms with E-state index in [0.717, 1.165) is 34.6 Å². The van der Waals surface area contributed by atoms with Crippen LogP contribution >= 0.6 is 11.6 Å². The lowest BCUT2D eigenvalue weighted by Gasteiger charge is -2.29. The van der Waals surface area contributed by atoms with E-state index in [2.05, 4.69) is 5.32 Å². The van der Waals surface area contributed by atoms with Crippen LogP contribution in [-0.2, 0) is 10.0 Å². The normalized spacial score (nSPS) is 14.8. The first-order valence-electron chi connectivity index (χ1n) is 7.35. The Morgan fingerprint density at radius 2 is 1.84 bits per heavy atom. The van der Waals surface area contributed by atoms with Gasteiger partial charge in [0.25, 0.3) is 5.91 Å². The Balaban J connectivity index is 1.90. The second kappa shape index (κ2) is 6.70. The molecule has 0 saturated carbocycles. The van der Waals surface area contributed by atoms with Crippen molar-refractivity contribution in [2.45, 2.75) is 11.3 Å². The van der Waals surface area contributed by atoms with Crippen molar-refractivity contribution in [2.75, 3.05) is 18.4 Å². The number of hydrogen-bond acceptors (Lipinski definition) is 3. The molecule has 1 aliphatic heterocycles. The van der Waals surface area contributed by atoms with Crippen LogP contribution in [-0.4, -0.2) is 31.7 Å². The molecule has 132 valence electrons. The summed E-state index contributed by atoms with van der Waals surface area (Å²) in [4.78, 5) is 11.7. The van der Waals surface area contributed by atoms with Gasteiger partial charge in [-0.1, -0.05) is 11.6 Å². The predicted octanol–water partition coefficient (Wildman–Crippen LogP) is 3.26. The zero-order valence-electron chi connectivity index (χ0n) is 12.8. The minimum Gasteiger partial charge on any atom is -0.321 e. The van der Waals surface area contributed by atoms with Crippen molar-refractivity contribution in [1.29, 1.82) is 0 Å². The smallest absolute Gasteiger partial charge is 0.255 e. The van der Waals surface area contributed by atoms with E-state index in [1.165, 1.54) is 6.07 Å². The van der Waals surface area contributed by atoms with Crippen LogP contribution in [0.4, 0.5) is 14.5 Å². The summed E-state index contributed by atoms with van der Waals surface area (Å²) in [6, 6.07) is 6.49. The number of nitrogens with one attached hydrogen (secondary N) is 1. The first kappa shape index (κ1) is 17.8. The van der Waals surface area contributed by atoms with Crippen LogP contribution in [0.25, 0.3) is 0 Å². The Morgan fingerprint density at radius 1 is 1.12 bits per heavy atom. The lowest BCUT2D eigenvalue weighted by atomic mass is 10.2. The summed E-state index contributed by atoms with van der Waals surface area (Å²) in [5.74, 6) is -2.18. The monoisotopic (exact) mass is 386 g/mol. The van der Waals surface area contributed by atoms with E-state index in [1.54, 1.807) is 0 Å². The van der Waals surface area contributed by atoms with Crippen LogP contribution in [0, 0.1) is 11.6 Å². The molecule has 1 aliphatic rings. The molecule has 2 aromatic carbocycles. The van der Waals surface area contributed by atoms with Gasteiger partial charge in [0.05, 0.1) is 10.7 Å². The van der Waals surface area contributed by atoms with Crippen molar-refractivity contribution >= 4 is 33.2 Å². The van der Waals surface area contributed by atoms with E-state index < -0.39 is 32.5 Å². The van der Waals surface area contributed by atoms with Gasteiger partial charge in [-0.3, -0.25) is 4.79 Å². The molecule has 2 aromatic rings. The third-order valence-corrected chi connectivity index (χ3v) is 6.03. The Morgan fingerprint density at radius 3 is 2.44 bits per heavy atom. The van der Waals surface area contributed by atoms with E-state index in [9.17, 15) is 22.0 Å². The van der Waals surface area contributed by atoms with Crippen molar-refractivity contribution < 1.29 is 22.0 Å². The summed E-state index contributed by atoms with van der Waals surface area (Å²) in [6.07, 6.45) is 0.712. The molecule has 0 spiro atoms. The fourth-order valence-electron chi connectivity index (χ4n) is 2.29. The average molecular weight is 387 g/mol. The molecule has 1 fully saturated rings. The number of sulfonamides is 1. The molecule has 1 heterocycles. The van der Waals surface area contributed by atoms with Gasteiger partial charge in [-0.25, -0.2) is 17.2 Å². The Kier molecular flexibility index (Phi) is 4.77. The van der Waals surface area contributed by atoms with Gasteiger partial charge in [0.2, 0.25) is 10.0 Å². The molecule has 0 radical (unpaired) electrons. The standard InChI is InChI=1S/C16H13ClF2N2O3S/c17-12-9-11(18)3-5-14(12)20-16(22)10-2-4-13(19)15(8-10)25(23,24)21-6-1-7-21/h2-5,8-9H,1,6-7H2,(H,20,22). The summed E-state index contributed by atoms with van der Waals surface area (Å²) in [5.41, 5.74) is 0.102. The van der Waals surface area contributed by atoms with E-state index in [0.29, 0.717) is 19.5 Å². The van der Waals surface area contributed by atoms with Crippen LogP contribution in [0.3, 0.4) is 0 Å². The van der Waals surface area contributed by atoms with Crippen molar-refractivity contribution in [3.05, 3.63) is 58.6 Å². The molecule has 3 rings (SSSR count). The number of anilines is 1. The SMILES string of the molecule is O=C(Nc1ccc(F)cc1Cl)c1ccc(F)c(S(=O)(=O)N2CCC2)c1. The van der Waals surface area contributed by atoms with Gasteiger partial charge < -0.3 is 5.32 Å². The van der Waals surface area contributed by atoms with Gasteiger partial charge in [0, 0.05) is 18.7 Å². The first-order valence-corrected chi connectivity index (χ1v) is 9.17. The van der Waals surface area contributed by atoms with Gasteiger partial charge in [-0.15, -0.1) is 0 Å². The maximum atomic E-state index is 14.0. The Bertz CT molecular complexity index is 946. The Hall–Kier alpha value is -2.03. The van der Waals surface area contributed by atoms with Crippen molar-refractivity contribution in [2.24, 2.45) is 0 Å². The summed E-state index contributed by atoms with van der Waals surface area (Å²) < 4.78 is 52.9. The summed E-state index contributed by atoms with van der Waals surface area (Å²) in [7, 11) is -3.97. The number of nitrogens with zero attached hydrogens (tertiary/aromatic N) is 1. The lowest BCUT2D eigenvalue weighted by molar-refractivity contribution is 0.102. The van der Waals surface area contributed by atoms with Crippen LogP contribution < -0.4 is 5.32 Å². The summed E-state index contributed by atoms with van der Waals surface area (Å²) in [5, 5.41) is 2.43. The number of rotatable bonds is 4. The largest absolute Gasteiger partial charge is 0.321 e. The van der Waals surface area contributed by atoms with E-state index >= 15 is 0 Å². The minimum atomic E-state index is -3.97. The van der Waals surface area contributed by atoms with Gasteiger partial charge in [-0.2, -0.15) is 4.31 Å². The molecule has 0 unspecified atom stereocenters. The number of hydrogen-bond donors (Lipinski definition) is 1. The van der Waals surface area contributed by atoms with Crippen LogP contribution in [0.1, 0.15) is 16.8 Å². The second-order valence-electron chi connectivity index (χ2n) is 5.48. The highest BCUT2D eigenvalue weighted by Gasteiger charge is 2.32. The predicted molar refractivity (Wildman–Crippen MR) is 89.1 cm³/mol. The highest BCUT2D eigenvalue weighted by molar-refractivity contribution is 7.89. The van der Waals surface area contributed by atoms with Crippen molar-refractivity contribution in [3.63, 3.8) is 0 Å². The lowest BCUT2D eigenvalue weighted by Crippen LogP contribution is -2.42. The number of carbonyl (C=O) groups is 1.